The summed E-state index contributed by atoms with van der Waals surface area (Å²) in [5.41, 5.74) is 1.08. The van der Waals surface area contributed by atoms with Crippen molar-refractivity contribution in [3.63, 3.8) is 0 Å². The fourth-order valence-electron chi connectivity index (χ4n) is 3.42. The van der Waals surface area contributed by atoms with Gasteiger partial charge < -0.3 is 15.0 Å². The summed E-state index contributed by atoms with van der Waals surface area (Å²) in [6, 6.07) is 9.03. The first-order valence-corrected chi connectivity index (χ1v) is 8.32. The number of carbonyl (C=O) groups is 2. The lowest BCUT2D eigenvalue weighted by molar-refractivity contribution is -0.151. The first kappa shape index (κ1) is 16.0. The molecule has 0 saturated carbocycles. The second-order valence-electron chi connectivity index (χ2n) is 6.79. The van der Waals surface area contributed by atoms with Gasteiger partial charge in [0, 0.05) is 6.54 Å². The Morgan fingerprint density at radius 1 is 1.26 bits per heavy atom. The molecule has 0 aromatic heterocycles. The van der Waals surface area contributed by atoms with Gasteiger partial charge in [0.1, 0.15) is 12.1 Å². The van der Waals surface area contributed by atoms with E-state index in [1.165, 1.54) is 0 Å². The predicted molar refractivity (Wildman–Crippen MR) is 86.5 cm³/mol. The second kappa shape index (κ2) is 6.71. The number of carbonyl (C=O) groups excluding carboxylic acids is 2. The first-order chi connectivity index (χ1) is 11.1. The molecule has 2 heterocycles. The zero-order valence-electron chi connectivity index (χ0n) is 13.7. The molecule has 0 bridgehead atoms. The van der Waals surface area contributed by atoms with Gasteiger partial charge in [0.05, 0.1) is 12.7 Å². The summed E-state index contributed by atoms with van der Waals surface area (Å²) in [6.07, 6.45) is 1.17. The number of benzene rings is 1. The average molecular weight is 316 g/mol. The van der Waals surface area contributed by atoms with E-state index in [1.54, 1.807) is 4.90 Å². The molecule has 2 fully saturated rings. The lowest BCUT2D eigenvalue weighted by Gasteiger charge is -2.36. The van der Waals surface area contributed by atoms with Gasteiger partial charge in [-0.3, -0.25) is 9.59 Å². The molecule has 3 atom stereocenters. The van der Waals surface area contributed by atoms with Crippen molar-refractivity contribution in [1.82, 2.24) is 10.2 Å². The van der Waals surface area contributed by atoms with Gasteiger partial charge in [0.25, 0.3) is 0 Å². The van der Waals surface area contributed by atoms with Crippen LogP contribution in [0, 0.1) is 5.92 Å². The SMILES string of the molecule is CC(C)CC1NC(=O)C2C(OCc3ccccc3)CCN2C1=O. The van der Waals surface area contributed by atoms with Crippen molar-refractivity contribution in [2.75, 3.05) is 6.54 Å². The van der Waals surface area contributed by atoms with Crippen LogP contribution in [0.5, 0.6) is 0 Å². The molecule has 2 amide bonds. The standard InChI is InChI=1S/C18H24N2O3/c1-12(2)10-14-18(22)20-9-8-15(16(20)17(21)19-14)23-11-13-6-4-3-5-7-13/h3-7,12,14-16H,8-11H2,1-2H3,(H,19,21). The number of nitrogens with zero attached hydrogens (tertiary/aromatic N) is 1. The van der Waals surface area contributed by atoms with Crippen molar-refractivity contribution in [1.29, 1.82) is 0 Å². The Labute approximate surface area is 137 Å². The Bertz CT molecular complexity index is 573. The Hall–Kier alpha value is -1.88. The fraction of sp³-hybridized carbons (Fsp3) is 0.556. The topological polar surface area (TPSA) is 58.6 Å². The molecule has 2 aliphatic rings. The molecule has 1 aromatic carbocycles. The molecule has 3 rings (SSSR count). The number of fused-ring (bicyclic) bond motifs is 1. The number of hydrogen-bond donors (Lipinski definition) is 1. The van der Waals surface area contributed by atoms with Crippen LogP contribution in [-0.2, 0) is 20.9 Å². The quantitative estimate of drug-likeness (QED) is 0.900. The zero-order valence-corrected chi connectivity index (χ0v) is 13.7. The van der Waals surface area contributed by atoms with Crippen LogP contribution in [0.25, 0.3) is 0 Å². The van der Waals surface area contributed by atoms with Crippen molar-refractivity contribution in [2.24, 2.45) is 5.92 Å². The van der Waals surface area contributed by atoms with Gasteiger partial charge in [-0.25, -0.2) is 0 Å². The predicted octanol–water partition coefficient (Wildman–Crippen LogP) is 1.72. The van der Waals surface area contributed by atoms with Crippen LogP contribution >= 0.6 is 0 Å². The maximum atomic E-state index is 12.6. The third-order valence-electron chi connectivity index (χ3n) is 4.52. The van der Waals surface area contributed by atoms with E-state index in [2.05, 4.69) is 19.2 Å². The minimum absolute atomic E-state index is 0.0362. The average Bonchev–Trinajstić information content (AvgIpc) is 2.95. The number of nitrogens with one attached hydrogen (secondary N) is 1. The van der Waals surface area contributed by atoms with Crippen LogP contribution in [-0.4, -0.2) is 41.4 Å². The minimum atomic E-state index is -0.477. The third kappa shape index (κ3) is 3.39. The molecule has 2 saturated heterocycles. The van der Waals surface area contributed by atoms with Crippen LogP contribution in [0.2, 0.25) is 0 Å². The molecule has 5 heteroatoms. The van der Waals surface area contributed by atoms with Gasteiger partial charge in [0.2, 0.25) is 11.8 Å². The van der Waals surface area contributed by atoms with Crippen molar-refractivity contribution >= 4 is 11.8 Å². The lowest BCUT2D eigenvalue weighted by Crippen LogP contribution is -2.63. The van der Waals surface area contributed by atoms with Gasteiger partial charge in [-0.2, -0.15) is 0 Å². The number of ether oxygens (including phenoxy) is 1. The van der Waals surface area contributed by atoms with Crippen LogP contribution in [0.3, 0.4) is 0 Å². The van der Waals surface area contributed by atoms with Crippen LogP contribution in [0.1, 0.15) is 32.3 Å². The zero-order chi connectivity index (χ0) is 16.4. The summed E-state index contributed by atoms with van der Waals surface area (Å²) in [7, 11) is 0. The summed E-state index contributed by atoms with van der Waals surface area (Å²) >= 11 is 0. The highest BCUT2D eigenvalue weighted by Gasteiger charge is 2.48. The molecule has 0 aliphatic carbocycles. The Balaban J connectivity index is 1.64. The maximum absolute atomic E-state index is 12.6. The maximum Gasteiger partial charge on any atom is 0.246 e. The van der Waals surface area contributed by atoms with Crippen molar-refractivity contribution in [3.8, 4) is 0 Å². The highest BCUT2D eigenvalue weighted by Crippen LogP contribution is 2.27. The van der Waals surface area contributed by atoms with E-state index in [4.69, 9.17) is 4.74 Å². The van der Waals surface area contributed by atoms with E-state index in [9.17, 15) is 9.59 Å². The van der Waals surface area contributed by atoms with Crippen molar-refractivity contribution in [2.45, 2.75) is 51.5 Å². The highest BCUT2D eigenvalue weighted by atomic mass is 16.5. The molecule has 124 valence electrons. The molecule has 3 unspecified atom stereocenters. The van der Waals surface area contributed by atoms with E-state index >= 15 is 0 Å². The molecule has 23 heavy (non-hydrogen) atoms. The molecular weight excluding hydrogens is 292 g/mol. The summed E-state index contributed by atoms with van der Waals surface area (Å²) in [4.78, 5) is 26.7. The highest BCUT2D eigenvalue weighted by molar-refractivity contribution is 5.97. The molecule has 1 N–H and O–H groups in total. The fourth-order valence-corrected chi connectivity index (χ4v) is 3.42. The Kier molecular flexibility index (Phi) is 4.66. The third-order valence-corrected chi connectivity index (χ3v) is 4.52. The summed E-state index contributed by atoms with van der Waals surface area (Å²) in [5, 5.41) is 2.89. The van der Waals surface area contributed by atoms with Crippen LogP contribution in [0.15, 0.2) is 30.3 Å². The van der Waals surface area contributed by atoms with Crippen molar-refractivity contribution < 1.29 is 14.3 Å². The van der Waals surface area contributed by atoms with Gasteiger partial charge in [-0.1, -0.05) is 44.2 Å². The molecule has 0 spiro atoms. The van der Waals surface area contributed by atoms with E-state index in [-0.39, 0.29) is 24.0 Å². The summed E-state index contributed by atoms with van der Waals surface area (Å²) < 4.78 is 5.94. The Morgan fingerprint density at radius 2 is 2.00 bits per heavy atom. The van der Waals surface area contributed by atoms with E-state index in [1.807, 2.05) is 30.3 Å². The molecule has 5 nitrogen and oxygen atoms in total. The van der Waals surface area contributed by atoms with Crippen LogP contribution < -0.4 is 5.32 Å². The summed E-state index contributed by atoms with van der Waals surface area (Å²) in [5.74, 6) is 0.327. The van der Waals surface area contributed by atoms with Gasteiger partial charge in [0.15, 0.2) is 0 Å². The second-order valence-corrected chi connectivity index (χ2v) is 6.79. The normalized spacial score (nSPS) is 27.3. The van der Waals surface area contributed by atoms with E-state index in [0.29, 0.717) is 31.9 Å². The summed E-state index contributed by atoms with van der Waals surface area (Å²) in [6.45, 7) is 5.18. The van der Waals surface area contributed by atoms with E-state index in [0.717, 1.165) is 5.56 Å². The van der Waals surface area contributed by atoms with Gasteiger partial charge in [-0.15, -0.1) is 0 Å². The molecular formula is C18H24N2O3. The molecule has 2 aliphatic heterocycles. The lowest BCUT2D eigenvalue weighted by atomic mass is 9.98. The van der Waals surface area contributed by atoms with Gasteiger partial charge >= 0.3 is 0 Å². The first-order valence-electron chi connectivity index (χ1n) is 8.32. The molecule has 0 radical (unpaired) electrons. The smallest absolute Gasteiger partial charge is 0.246 e. The van der Waals surface area contributed by atoms with Gasteiger partial charge in [-0.05, 0) is 24.3 Å². The Morgan fingerprint density at radius 3 is 2.70 bits per heavy atom. The monoisotopic (exact) mass is 316 g/mol. The minimum Gasteiger partial charge on any atom is -0.371 e. The van der Waals surface area contributed by atoms with Crippen molar-refractivity contribution in [3.05, 3.63) is 35.9 Å². The molecule has 1 aromatic rings. The van der Waals surface area contributed by atoms with E-state index < -0.39 is 6.04 Å². The van der Waals surface area contributed by atoms with Crippen LogP contribution in [0.4, 0.5) is 0 Å². The number of amides is 2. The number of rotatable bonds is 5. The number of hydrogen-bond acceptors (Lipinski definition) is 3. The number of piperazine rings is 1. The largest absolute Gasteiger partial charge is 0.371 e.